The lowest BCUT2D eigenvalue weighted by Crippen LogP contribution is -2.43. The van der Waals surface area contributed by atoms with Gasteiger partial charge in [0.1, 0.15) is 24.1 Å². The van der Waals surface area contributed by atoms with E-state index in [9.17, 15) is 24.6 Å². The number of halogens is 1. The number of hydrogen-bond acceptors (Lipinski definition) is 9. The zero-order chi connectivity index (χ0) is 33.5. The molecule has 13 nitrogen and oxygen atoms in total. The van der Waals surface area contributed by atoms with Crippen molar-refractivity contribution in [2.75, 3.05) is 27.0 Å². The number of benzene rings is 2. The Morgan fingerprint density at radius 1 is 1.02 bits per heavy atom. The number of amides is 3. The first-order valence-corrected chi connectivity index (χ1v) is 16.1. The number of carbonyl (C=O) groups is 3. The molecule has 3 atom stereocenters. The van der Waals surface area contributed by atoms with E-state index in [0.717, 1.165) is 0 Å². The first kappa shape index (κ1) is 37.1. The largest absolute Gasteiger partial charge is 0.478 e. The maximum atomic E-state index is 13.4. The van der Waals surface area contributed by atoms with Crippen LogP contribution >= 0.6 is 22.6 Å². The Balaban J connectivity index is 0.00000345. The third kappa shape index (κ3) is 10.2. The summed E-state index contributed by atoms with van der Waals surface area (Å²) in [6.45, 7) is 11.1. The van der Waals surface area contributed by atoms with E-state index in [2.05, 4.69) is 55.1 Å². The second kappa shape index (κ2) is 18.6. The Bertz CT molecular complexity index is 1440. The van der Waals surface area contributed by atoms with Crippen LogP contribution in [0.1, 0.15) is 53.6 Å². The van der Waals surface area contributed by atoms with E-state index in [1.165, 1.54) is 23.5 Å². The second-order valence-corrected chi connectivity index (χ2v) is 9.28. The Morgan fingerprint density at radius 3 is 2.31 bits per heavy atom. The summed E-state index contributed by atoms with van der Waals surface area (Å²) in [5, 5.41) is 28.5. The number of carboxylic acid groups (broad SMARTS) is 1. The van der Waals surface area contributed by atoms with E-state index >= 15 is 0 Å². The van der Waals surface area contributed by atoms with Gasteiger partial charge in [0, 0.05) is 23.9 Å². The molecular weight excluding hydrogens is 695 g/mol. The van der Waals surface area contributed by atoms with Gasteiger partial charge < -0.3 is 30.3 Å². The van der Waals surface area contributed by atoms with Crippen LogP contribution in [0, 0.1) is 13.8 Å². The lowest BCUT2D eigenvalue weighted by Gasteiger charge is -2.34. The highest BCUT2D eigenvalue weighted by Gasteiger charge is 2.31. The van der Waals surface area contributed by atoms with Crippen LogP contribution in [0.2, 0.25) is 0 Å². The van der Waals surface area contributed by atoms with Crippen molar-refractivity contribution in [1.29, 1.82) is 0 Å². The number of ether oxygens (including phenoxy) is 2. The van der Waals surface area contributed by atoms with Gasteiger partial charge in [-0.15, -0.1) is 0 Å². The highest BCUT2D eigenvalue weighted by Crippen LogP contribution is 2.29. The van der Waals surface area contributed by atoms with Crippen LogP contribution in [0.3, 0.4) is 0 Å². The third-order valence-corrected chi connectivity index (χ3v) is 6.32. The van der Waals surface area contributed by atoms with Crippen molar-refractivity contribution in [3.63, 3.8) is 0 Å². The van der Waals surface area contributed by atoms with Crippen LogP contribution in [0.25, 0.3) is 0 Å². The van der Waals surface area contributed by atoms with E-state index in [1.807, 2.05) is 4.93 Å². The van der Waals surface area contributed by atoms with Crippen molar-refractivity contribution in [2.45, 2.75) is 52.9 Å². The number of aliphatic hydroxyl groups is 1. The number of hydrogen-bond donors (Lipinski definition) is 5. The van der Waals surface area contributed by atoms with Gasteiger partial charge in [0.15, 0.2) is 6.29 Å². The minimum atomic E-state index is -1.49. The maximum Gasteiger partial charge on any atom is 0.337 e. The lowest BCUT2D eigenvalue weighted by molar-refractivity contribution is -0.241. The van der Waals surface area contributed by atoms with Gasteiger partial charge in [-0.25, -0.2) is 19.6 Å². The fourth-order valence-electron chi connectivity index (χ4n) is 4.08. The molecule has 2 unspecified atom stereocenters. The van der Waals surface area contributed by atoms with Crippen molar-refractivity contribution in [2.24, 2.45) is 0 Å². The van der Waals surface area contributed by atoms with Gasteiger partial charge in [-0.3, -0.25) is 15.0 Å². The zero-order valence-electron chi connectivity index (χ0n) is 25.8. The Labute approximate surface area is 276 Å². The Morgan fingerprint density at radius 2 is 1.71 bits per heavy atom. The van der Waals surface area contributed by atoms with Crippen LogP contribution in [0.5, 0.6) is 0 Å². The molecule has 242 valence electrons. The maximum absolute atomic E-state index is 13.4. The van der Waals surface area contributed by atoms with Gasteiger partial charge in [-0.05, 0) is 43.8 Å². The van der Waals surface area contributed by atoms with E-state index in [4.69, 9.17) is 9.47 Å². The minimum absolute atomic E-state index is 0.0769. The molecule has 0 saturated heterocycles. The average molecular weight is 735 g/mol. The molecule has 0 aliphatic heterocycles. The fraction of sp³-hybridized carbons (Fsp3) is 0.323. The standard InChI is InChI=1S/C30H36N6O7.CH3I/c1-6-22(26(37)34-23-18(4)13-12-16-21(23)27(38)39)42-30(43-28(40)20-14-10-9-11-15-20)36(8-3)25-19(5)24(32-17-33-25)35-29(41)31-7-2;1-2/h8-17,22,28,30,40H,3,6-7H2,1-2,4-5H3,(H,34,37)(H,38,39)(H2,31,32,33,35,41);1H3/t22?,28-,30?;/m0./s1. The number of anilines is 3. The number of alkyl halides is 1. The molecule has 2 aromatic carbocycles. The zero-order valence-corrected chi connectivity index (χ0v) is 27.9. The predicted molar refractivity (Wildman–Crippen MR) is 180 cm³/mol. The van der Waals surface area contributed by atoms with E-state index in [-0.39, 0.29) is 29.3 Å². The number of nitrogens with one attached hydrogen (secondary N) is 3. The molecule has 45 heavy (non-hydrogen) atoms. The molecule has 0 aliphatic rings. The molecule has 0 fully saturated rings. The number of para-hydroxylation sites is 1. The monoisotopic (exact) mass is 734 g/mol. The molecule has 5 N–H and O–H groups in total. The second-order valence-electron chi connectivity index (χ2n) is 9.28. The Kier molecular flexibility index (Phi) is 15.3. The molecule has 0 saturated carbocycles. The average Bonchev–Trinajstić information content (AvgIpc) is 3.03. The number of aliphatic hydroxyl groups excluding tert-OH is 1. The van der Waals surface area contributed by atoms with Crippen molar-refractivity contribution in [1.82, 2.24) is 15.3 Å². The van der Waals surface area contributed by atoms with Crippen LogP contribution in [-0.4, -0.2) is 62.1 Å². The summed E-state index contributed by atoms with van der Waals surface area (Å²) in [4.78, 5) is 49.2. The number of nitrogens with zero attached hydrogens (tertiary/aromatic N) is 3. The van der Waals surface area contributed by atoms with E-state index < -0.39 is 36.7 Å². The molecule has 14 heteroatoms. The summed E-state index contributed by atoms with van der Waals surface area (Å²) < 4.78 is 12.1. The Hall–Kier alpha value is -4.12. The number of aromatic nitrogens is 2. The van der Waals surface area contributed by atoms with Crippen molar-refractivity contribution in [3.05, 3.63) is 89.9 Å². The highest BCUT2D eigenvalue weighted by atomic mass is 127. The summed E-state index contributed by atoms with van der Waals surface area (Å²) in [6, 6.07) is 12.7. The molecule has 0 aliphatic carbocycles. The summed E-state index contributed by atoms with van der Waals surface area (Å²) in [7, 11) is 0. The van der Waals surface area contributed by atoms with E-state index in [1.54, 1.807) is 70.2 Å². The molecule has 0 spiro atoms. The molecule has 3 aromatic rings. The lowest BCUT2D eigenvalue weighted by atomic mass is 10.1. The number of rotatable bonds is 14. The summed E-state index contributed by atoms with van der Waals surface area (Å²) in [5.74, 6) is -1.42. The van der Waals surface area contributed by atoms with Gasteiger partial charge >= 0.3 is 12.0 Å². The SMILES string of the molecule is C=CN(c1ncnc(NC(=O)NCC)c1C)C(OC(CC)C(=O)Nc1c(C)cccc1C(=O)O)O[C@H](O)c1ccccc1.CI. The quantitative estimate of drug-likeness (QED) is 0.0824. The molecule has 1 aromatic heterocycles. The molecular formula is C31H39IN6O7. The van der Waals surface area contributed by atoms with Crippen molar-refractivity contribution >= 4 is 57.8 Å². The number of carboxylic acids is 1. The fourth-order valence-corrected chi connectivity index (χ4v) is 4.08. The van der Waals surface area contributed by atoms with Gasteiger partial charge in [-0.1, -0.05) is 78.6 Å². The number of aryl methyl sites for hydroxylation is 1. The number of aromatic carboxylic acids is 1. The summed E-state index contributed by atoms with van der Waals surface area (Å²) in [5.41, 5.74) is 1.45. The topological polar surface area (TPSA) is 175 Å². The van der Waals surface area contributed by atoms with Gasteiger partial charge in [0.2, 0.25) is 6.41 Å². The highest BCUT2D eigenvalue weighted by molar-refractivity contribution is 14.1. The van der Waals surface area contributed by atoms with Crippen LogP contribution < -0.4 is 20.9 Å². The molecule has 0 bridgehead atoms. The van der Waals surface area contributed by atoms with Gasteiger partial charge in [-0.2, -0.15) is 0 Å². The van der Waals surface area contributed by atoms with Crippen molar-refractivity contribution < 1.29 is 34.1 Å². The van der Waals surface area contributed by atoms with Crippen molar-refractivity contribution in [3.8, 4) is 0 Å². The number of carbonyl (C=O) groups excluding carboxylic acids is 2. The summed E-state index contributed by atoms with van der Waals surface area (Å²) >= 11 is 2.15. The van der Waals surface area contributed by atoms with E-state index in [0.29, 0.717) is 23.2 Å². The van der Waals surface area contributed by atoms with Gasteiger partial charge in [0.25, 0.3) is 5.91 Å². The van der Waals surface area contributed by atoms with Gasteiger partial charge in [0.05, 0.1) is 11.3 Å². The first-order chi connectivity index (χ1) is 21.6. The molecule has 3 rings (SSSR count). The third-order valence-electron chi connectivity index (χ3n) is 6.32. The smallest absolute Gasteiger partial charge is 0.337 e. The molecule has 3 amide bonds. The summed E-state index contributed by atoms with van der Waals surface area (Å²) in [6.07, 6.45) is -1.42. The van der Waals surface area contributed by atoms with Crippen LogP contribution in [0.4, 0.5) is 22.1 Å². The van der Waals surface area contributed by atoms with Crippen LogP contribution in [0.15, 0.2) is 67.6 Å². The predicted octanol–water partition coefficient (Wildman–Crippen LogP) is 5.36. The minimum Gasteiger partial charge on any atom is -0.478 e. The first-order valence-electron chi connectivity index (χ1n) is 13.9. The van der Waals surface area contributed by atoms with Crippen LogP contribution in [-0.2, 0) is 14.3 Å². The number of urea groups is 1. The molecule has 0 radical (unpaired) electrons. The molecule has 1 heterocycles. The normalized spacial score (nSPS) is 12.4.